The van der Waals surface area contributed by atoms with Crippen LogP contribution in [-0.4, -0.2) is 28.4 Å². The van der Waals surface area contributed by atoms with Crippen LogP contribution in [0.25, 0.3) is 10.9 Å². The third-order valence-electron chi connectivity index (χ3n) is 5.47. The highest BCUT2D eigenvalue weighted by molar-refractivity contribution is 6.32. The van der Waals surface area contributed by atoms with E-state index in [-0.39, 0.29) is 16.4 Å². The van der Waals surface area contributed by atoms with E-state index < -0.39 is 23.4 Å². The van der Waals surface area contributed by atoms with Crippen LogP contribution in [0.3, 0.4) is 0 Å². The monoisotopic (exact) mass is 453 g/mol. The van der Waals surface area contributed by atoms with Crippen LogP contribution in [0.15, 0.2) is 42.5 Å². The number of fused-ring (bicyclic) bond motifs is 2. The van der Waals surface area contributed by atoms with Crippen molar-refractivity contribution in [3.63, 3.8) is 0 Å². The molecule has 1 heterocycles. The van der Waals surface area contributed by atoms with Crippen LogP contribution >= 0.6 is 11.6 Å². The van der Waals surface area contributed by atoms with E-state index in [1.165, 1.54) is 12.1 Å². The first-order valence-electron chi connectivity index (χ1n) is 10.1. The Hall–Kier alpha value is -3.52. The summed E-state index contributed by atoms with van der Waals surface area (Å²) in [6, 6.07) is 11.3. The number of ether oxygens (including phenoxy) is 1. The van der Waals surface area contributed by atoms with Gasteiger partial charge in [-0.1, -0.05) is 36.7 Å². The van der Waals surface area contributed by atoms with Crippen molar-refractivity contribution in [3.8, 4) is 0 Å². The third-order valence-corrected chi connectivity index (χ3v) is 5.79. The van der Waals surface area contributed by atoms with Gasteiger partial charge in [-0.3, -0.25) is 19.9 Å². The number of nitro benzene ring substituents is 1. The molecule has 0 fully saturated rings. The first-order valence-corrected chi connectivity index (χ1v) is 10.5. The highest BCUT2D eigenvalue weighted by Gasteiger charge is 2.26. The van der Waals surface area contributed by atoms with Crippen LogP contribution in [0.5, 0.6) is 0 Å². The lowest BCUT2D eigenvalue weighted by molar-refractivity contribution is -0.384. The maximum Gasteiger partial charge on any atom is 0.339 e. The molecule has 0 saturated heterocycles. The van der Waals surface area contributed by atoms with Crippen LogP contribution in [0.4, 0.5) is 11.4 Å². The van der Waals surface area contributed by atoms with Gasteiger partial charge in [0.25, 0.3) is 11.6 Å². The second kappa shape index (κ2) is 8.92. The van der Waals surface area contributed by atoms with Crippen LogP contribution in [0.1, 0.15) is 35.0 Å². The number of rotatable bonds is 5. The number of aryl methyl sites for hydroxylation is 1. The minimum atomic E-state index is -0.642. The standard InChI is InChI=1S/C23H20ClN3O5/c1-13-6-9-19-16(10-13)22(15-4-2-3-5-18(15)26-19)23(29)32-12-21(28)25-14-7-8-17(24)20(11-14)27(30)31/h2-5,7-8,11,13H,6,9-10,12H2,1H3,(H,25,28). The molecule has 1 N–H and O–H groups in total. The minimum Gasteiger partial charge on any atom is -0.452 e. The molecule has 164 valence electrons. The number of pyridine rings is 1. The van der Waals surface area contributed by atoms with E-state index in [0.717, 1.165) is 36.6 Å². The third kappa shape index (κ3) is 4.40. The maximum absolute atomic E-state index is 13.0. The van der Waals surface area contributed by atoms with Gasteiger partial charge in [0, 0.05) is 22.8 Å². The number of anilines is 1. The van der Waals surface area contributed by atoms with Crippen molar-refractivity contribution in [3.05, 3.63) is 74.4 Å². The summed E-state index contributed by atoms with van der Waals surface area (Å²) in [4.78, 5) is 40.5. The van der Waals surface area contributed by atoms with Gasteiger partial charge in [0.05, 0.1) is 16.0 Å². The van der Waals surface area contributed by atoms with E-state index in [2.05, 4.69) is 12.2 Å². The zero-order chi connectivity index (χ0) is 22.8. The normalized spacial score (nSPS) is 15.1. The second-order valence-electron chi connectivity index (χ2n) is 7.82. The lowest BCUT2D eigenvalue weighted by Crippen LogP contribution is -2.23. The molecule has 2 aromatic carbocycles. The first kappa shape index (κ1) is 21.7. The number of para-hydroxylation sites is 1. The summed E-state index contributed by atoms with van der Waals surface area (Å²) in [5.41, 5.74) is 2.79. The van der Waals surface area contributed by atoms with Gasteiger partial charge in [0.1, 0.15) is 5.02 Å². The highest BCUT2D eigenvalue weighted by Crippen LogP contribution is 2.32. The van der Waals surface area contributed by atoms with Crippen LogP contribution in [-0.2, 0) is 22.4 Å². The summed E-state index contributed by atoms with van der Waals surface area (Å²) in [5, 5.41) is 14.2. The Morgan fingerprint density at radius 3 is 2.84 bits per heavy atom. The van der Waals surface area contributed by atoms with Crippen molar-refractivity contribution in [1.29, 1.82) is 0 Å². The molecule has 1 aliphatic carbocycles. The Morgan fingerprint density at radius 1 is 1.28 bits per heavy atom. The molecule has 1 amide bonds. The fourth-order valence-electron chi connectivity index (χ4n) is 3.93. The number of hydrogen-bond donors (Lipinski definition) is 1. The van der Waals surface area contributed by atoms with Crippen LogP contribution < -0.4 is 5.32 Å². The van der Waals surface area contributed by atoms with Gasteiger partial charge in [-0.15, -0.1) is 0 Å². The van der Waals surface area contributed by atoms with E-state index in [9.17, 15) is 19.7 Å². The molecule has 0 aliphatic heterocycles. The fourth-order valence-corrected chi connectivity index (χ4v) is 4.11. The quantitative estimate of drug-likeness (QED) is 0.340. The number of carbonyl (C=O) groups is 2. The smallest absolute Gasteiger partial charge is 0.339 e. The molecule has 0 bridgehead atoms. The summed E-state index contributed by atoms with van der Waals surface area (Å²) >= 11 is 5.79. The van der Waals surface area contributed by atoms with Crippen molar-refractivity contribution in [2.75, 3.05) is 11.9 Å². The first-order chi connectivity index (χ1) is 15.3. The lowest BCUT2D eigenvalue weighted by atomic mass is 9.84. The van der Waals surface area contributed by atoms with E-state index in [1.807, 2.05) is 24.3 Å². The van der Waals surface area contributed by atoms with Gasteiger partial charge in [-0.05, 0) is 48.9 Å². The Balaban J connectivity index is 1.53. The van der Waals surface area contributed by atoms with Gasteiger partial charge in [-0.25, -0.2) is 4.79 Å². The van der Waals surface area contributed by atoms with Gasteiger partial charge < -0.3 is 10.1 Å². The van der Waals surface area contributed by atoms with Gasteiger partial charge in [-0.2, -0.15) is 0 Å². The van der Waals surface area contributed by atoms with Gasteiger partial charge in [0.2, 0.25) is 0 Å². The van der Waals surface area contributed by atoms with Crippen molar-refractivity contribution >= 4 is 45.8 Å². The number of amides is 1. The molecule has 0 radical (unpaired) electrons. The minimum absolute atomic E-state index is 0.0389. The van der Waals surface area contributed by atoms with Gasteiger partial charge in [0.15, 0.2) is 6.61 Å². The van der Waals surface area contributed by atoms with E-state index in [0.29, 0.717) is 22.4 Å². The summed E-state index contributed by atoms with van der Waals surface area (Å²) in [6.45, 7) is 1.60. The molecule has 1 unspecified atom stereocenters. The Kier molecular flexibility index (Phi) is 6.05. The molecular formula is C23H20ClN3O5. The maximum atomic E-state index is 13.0. The molecule has 0 saturated carbocycles. The Bertz CT molecular complexity index is 1240. The molecule has 4 rings (SSSR count). The average Bonchev–Trinajstić information content (AvgIpc) is 2.77. The molecule has 8 nitrogen and oxygen atoms in total. The van der Waals surface area contributed by atoms with Crippen molar-refractivity contribution in [2.45, 2.75) is 26.2 Å². The molecule has 1 atom stereocenters. The number of carbonyl (C=O) groups excluding carboxylic acids is 2. The van der Waals surface area contributed by atoms with Gasteiger partial charge >= 0.3 is 5.97 Å². The molecule has 32 heavy (non-hydrogen) atoms. The number of halogens is 1. The summed E-state index contributed by atoms with van der Waals surface area (Å²) in [5.74, 6) is -0.789. The number of nitro groups is 1. The lowest BCUT2D eigenvalue weighted by Gasteiger charge is -2.24. The van der Waals surface area contributed by atoms with Crippen molar-refractivity contribution < 1.29 is 19.2 Å². The number of hydrogen-bond acceptors (Lipinski definition) is 6. The Morgan fingerprint density at radius 2 is 2.06 bits per heavy atom. The molecule has 9 heteroatoms. The van der Waals surface area contributed by atoms with E-state index >= 15 is 0 Å². The zero-order valence-electron chi connectivity index (χ0n) is 17.3. The number of esters is 1. The molecule has 0 spiro atoms. The number of benzene rings is 2. The fraction of sp³-hybridized carbons (Fsp3) is 0.261. The zero-order valence-corrected chi connectivity index (χ0v) is 18.0. The summed E-state index contributed by atoms with van der Waals surface area (Å²) in [6.07, 6.45) is 2.51. The number of aromatic nitrogens is 1. The summed E-state index contributed by atoms with van der Waals surface area (Å²) < 4.78 is 5.33. The molecule has 3 aromatic rings. The topological polar surface area (TPSA) is 111 Å². The van der Waals surface area contributed by atoms with Crippen LogP contribution in [0.2, 0.25) is 5.02 Å². The SMILES string of the molecule is CC1CCc2nc3ccccc3c(C(=O)OCC(=O)Nc3ccc(Cl)c([N+](=O)[O-])c3)c2C1. The predicted molar refractivity (Wildman–Crippen MR) is 120 cm³/mol. The number of nitrogens with zero attached hydrogens (tertiary/aromatic N) is 2. The van der Waals surface area contributed by atoms with E-state index in [4.69, 9.17) is 21.3 Å². The van der Waals surface area contributed by atoms with Crippen LogP contribution in [0, 0.1) is 16.0 Å². The Labute approximate surface area is 188 Å². The van der Waals surface area contributed by atoms with Crippen molar-refractivity contribution in [2.24, 2.45) is 5.92 Å². The summed E-state index contributed by atoms with van der Waals surface area (Å²) in [7, 11) is 0. The van der Waals surface area contributed by atoms with E-state index in [1.54, 1.807) is 0 Å². The molecular weight excluding hydrogens is 434 g/mol. The molecule has 1 aromatic heterocycles. The molecule has 1 aliphatic rings. The highest BCUT2D eigenvalue weighted by atomic mass is 35.5. The average molecular weight is 454 g/mol. The second-order valence-corrected chi connectivity index (χ2v) is 8.23. The number of nitrogens with one attached hydrogen (secondary N) is 1. The predicted octanol–water partition coefficient (Wildman–Crippen LogP) is 4.72. The largest absolute Gasteiger partial charge is 0.452 e. The van der Waals surface area contributed by atoms with Crippen molar-refractivity contribution in [1.82, 2.24) is 4.98 Å².